The van der Waals surface area contributed by atoms with Gasteiger partial charge < -0.3 is 23.9 Å². The molecule has 0 aliphatic carbocycles. The molecule has 0 bridgehead atoms. The number of hydrogen-bond acceptors (Lipinski definition) is 8. The van der Waals surface area contributed by atoms with Crippen LogP contribution in [0.1, 0.15) is 37.8 Å². The third-order valence-electron chi connectivity index (χ3n) is 6.01. The second-order valence-corrected chi connectivity index (χ2v) is 8.54. The lowest BCUT2D eigenvalue weighted by Crippen LogP contribution is -2.38. The number of benzene rings is 2. The Hall–Kier alpha value is -3.33. The summed E-state index contributed by atoms with van der Waals surface area (Å²) in [6, 6.07) is 9.76. The molecule has 0 amide bonds. The molecule has 3 aromatic rings. The summed E-state index contributed by atoms with van der Waals surface area (Å²) >= 11 is 0. The van der Waals surface area contributed by atoms with E-state index < -0.39 is 5.82 Å². The highest BCUT2D eigenvalue weighted by Crippen LogP contribution is 2.30. The summed E-state index contributed by atoms with van der Waals surface area (Å²) in [6.45, 7) is 6.92. The maximum atomic E-state index is 14.5. The van der Waals surface area contributed by atoms with Crippen molar-refractivity contribution in [3.05, 3.63) is 47.3 Å². The number of esters is 1. The summed E-state index contributed by atoms with van der Waals surface area (Å²) in [4.78, 5) is 18.4. The second kappa shape index (κ2) is 11.4. The van der Waals surface area contributed by atoms with Crippen molar-refractivity contribution in [3.63, 3.8) is 0 Å². The fraction of sp³-hybridized carbons (Fsp3) is 0.462. The summed E-state index contributed by atoms with van der Waals surface area (Å²) < 4.78 is 36.0. The van der Waals surface area contributed by atoms with E-state index >= 15 is 0 Å². The first-order chi connectivity index (χ1) is 17.0. The minimum atomic E-state index is -0.448. The predicted octanol–water partition coefficient (Wildman–Crippen LogP) is 4.56. The van der Waals surface area contributed by atoms with E-state index in [4.69, 9.17) is 18.6 Å². The van der Waals surface area contributed by atoms with E-state index in [1.54, 1.807) is 12.1 Å². The molecular weight excluding hydrogens is 453 g/mol. The third-order valence-corrected chi connectivity index (χ3v) is 6.01. The Morgan fingerprint density at radius 1 is 1.11 bits per heavy atom. The number of aromatic nitrogens is 1. The summed E-state index contributed by atoms with van der Waals surface area (Å²) in [5, 5.41) is 3.40. The van der Waals surface area contributed by atoms with Crippen molar-refractivity contribution in [1.82, 2.24) is 9.88 Å². The van der Waals surface area contributed by atoms with E-state index in [0.717, 1.165) is 37.1 Å². The van der Waals surface area contributed by atoms with Crippen LogP contribution in [0.5, 0.6) is 11.5 Å². The highest BCUT2D eigenvalue weighted by atomic mass is 19.1. The highest BCUT2D eigenvalue weighted by Gasteiger charge is 2.22. The van der Waals surface area contributed by atoms with Crippen LogP contribution in [0.25, 0.3) is 11.1 Å². The van der Waals surface area contributed by atoms with Gasteiger partial charge in [0.1, 0.15) is 5.52 Å². The standard InChI is InChI=1S/C26H32FN3O5/c1-4-33-22-13-18(14-23(25(22)27)34-5-2)16-30-10-8-19(9-11-30)28-26-29-20-12-17(15-24(31)32-3)6-7-21(20)35-26/h6-7,12-14,19H,4-5,8-11,15-16H2,1-3H3,(H,28,29). The number of fused-ring (bicyclic) bond motifs is 1. The first-order valence-corrected chi connectivity index (χ1v) is 12.0. The van der Waals surface area contributed by atoms with Crippen molar-refractivity contribution < 1.29 is 27.8 Å². The fourth-order valence-corrected chi connectivity index (χ4v) is 4.29. The molecule has 188 valence electrons. The molecule has 1 fully saturated rings. The van der Waals surface area contributed by atoms with E-state index in [0.29, 0.717) is 36.9 Å². The Balaban J connectivity index is 1.34. The number of likely N-dealkylation sites (tertiary alicyclic amines) is 1. The molecule has 0 radical (unpaired) electrons. The number of rotatable bonds is 10. The average molecular weight is 486 g/mol. The molecule has 35 heavy (non-hydrogen) atoms. The van der Waals surface area contributed by atoms with Gasteiger partial charge in [0.25, 0.3) is 6.01 Å². The molecule has 0 atom stereocenters. The molecule has 1 aliphatic rings. The Kier molecular flexibility index (Phi) is 8.07. The van der Waals surface area contributed by atoms with Crippen LogP contribution in [0.4, 0.5) is 10.4 Å². The first kappa shape index (κ1) is 24.8. The largest absolute Gasteiger partial charge is 0.491 e. The van der Waals surface area contributed by atoms with Gasteiger partial charge in [0.05, 0.1) is 26.7 Å². The second-order valence-electron chi connectivity index (χ2n) is 8.54. The first-order valence-electron chi connectivity index (χ1n) is 12.0. The number of carbonyl (C=O) groups excluding carboxylic acids is 1. The Bertz CT molecular complexity index is 1130. The fourth-order valence-electron chi connectivity index (χ4n) is 4.29. The third kappa shape index (κ3) is 6.22. The zero-order chi connectivity index (χ0) is 24.8. The van der Waals surface area contributed by atoms with Gasteiger partial charge in [-0.3, -0.25) is 9.69 Å². The molecule has 2 aromatic carbocycles. The van der Waals surface area contributed by atoms with E-state index in [-0.39, 0.29) is 29.9 Å². The maximum Gasteiger partial charge on any atom is 0.309 e. The summed E-state index contributed by atoms with van der Waals surface area (Å²) in [5.74, 6) is -0.274. The van der Waals surface area contributed by atoms with Crippen molar-refractivity contribution >= 4 is 23.1 Å². The van der Waals surface area contributed by atoms with Crippen LogP contribution in [-0.2, 0) is 22.5 Å². The molecule has 0 unspecified atom stereocenters. The molecule has 4 rings (SSSR count). The number of carbonyl (C=O) groups is 1. The SMILES string of the molecule is CCOc1cc(CN2CCC(Nc3nc4cc(CC(=O)OC)ccc4o3)CC2)cc(OCC)c1F. The predicted molar refractivity (Wildman–Crippen MR) is 130 cm³/mol. The van der Waals surface area contributed by atoms with Gasteiger partial charge in [-0.25, -0.2) is 0 Å². The molecule has 0 saturated carbocycles. The minimum Gasteiger partial charge on any atom is -0.491 e. The van der Waals surface area contributed by atoms with Crippen LogP contribution in [0.3, 0.4) is 0 Å². The number of oxazole rings is 1. The minimum absolute atomic E-state index is 0.201. The molecule has 9 heteroatoms. The van der Waals surface area contributed by atoms with Gasteiger partial charge in [0, 0.05) is 25.7 Å². The molecule has 1 aromatic heterocycles. The number of piperidine rings is 1. The van der Waals surface area contributed by atoms with Gasteiger partial charge in [-0.15, -0.1) is 0 Å². The number of nitrogens with one attached hydrogen (secondary N) is 1. The van der Waals surface area contributed by atoms with E-state index in [2.05, 4.69) is 15.2 Å². The molecule has 2 heterocycles. The normalized spacial score (nSPS) is 14.7. The Morgan fingerprint density at radius 2 is 1.80 bits per heavy atom. The number of halogens is 1. The zero-order valence-electron chi connectivity index (χ0n) is 20.4. The van der Waals surface area contributed by atoms with Gasteiger partial charge in [-0.05, 0) is 62.1 Å². The quantitative estimate of drug-likeness (QED) is 0.419. The molecule has 1 aliphatic heterocycles. The number of nitrogens with zero attached hydrogens (tertiary/aromatic N) is 2. The van der Waals surface area contributed by atoms with Crippen LogP contribution in [-0.4, -0.2) is 55.3 Å². The topological polar surface area (TPSA) is 86.1 Å². The number of methoxy groups -OCH3 is 1. The smallest absolute Gasteiger partial charge is 0.309 e. The molecule has 1 N–H and O–H groups in total. The number of hydrogen-bond donors (Lipinski definition) is 1. The van der Waals surface area contributed by atoms with E-state index in [1.807, 2.05) is 32.0 Å². The van der Waals surface area contributed by atoms with Gasteiger partial charge in [0.2, 0.25) is 5.82 Å². The van der Waals surface area contributed by atoms with Crippen LogP contribution in [0, 0.1) is 5.82 Å². The monoisotopic (exact) mass is 485 g/mol. The van der Waals surface area contributed by atoms with Crippen LogP contribution < -0.4 is 14.8 Å². The van der Waals surface area contributed by atoms with Gasteiger partial charge in [0.15, 0.2) is 17.1 Å². The Morgan fingerprint density at radius 3 is 2.43 bits per heavy atom. The highest BCUT2D eigenvalue weighted by molar-refractivity contribution is 5.78. The van der Waals surface area contributed by atoms with Gasteiger partial charge in [-0.1, -0.05) is 6.07 Å². The van der Waals surface area contributed by atoms with Crippen molar-refractivity contribution in [2.24, 2.45) is 0 Å². The van der Waals surface area contributed by atoms with Crippen molar-refractivity contribution in [3.8, 4) is 11.5 Å². The van der Waals surface area contributed by atoms with Gasteiger partial charge in [-0.2, -0.15) is 9.37 Å². The Labute approximate surface area is 204 Å². The van der Waals surface area contributed by atoms with Crippen molar-refractivity contribution in [2.75, 3.05) is 38.7 Å². The lowest BCUT2D eigenvalue weighted by atomic mass is 10.0. The van der Waals surface area contributed by atoms with Gasteiger partial charge >= 0.3 is 5.97 Å². The van der Waals surface area contributed by atoms with E-state index in [9.17, 15) is 9.18 Å². The summed E-state index contributed by atoms with van der Waals surface area (Å²) in [5.41, 5.74) is 3.17. The lowest BCUT2D eigenvalue weighted by Gasteiger charge is -2.32. The molecule has 0 spiro atoms. The summed E-state index contributed by atoms with van der Waals surface area (Å²) in [7, 11) is 1.38. The van der Waals surface area contributed by atoms with Crippen molar-refractivity contribution in [1.29, 1.82) is 0 Å². The van der Waals surface area contributed by atoms with Crippen LogP contribution >= 0.6 is 0 Å². The molecular formula is C26H32FN3O5. The van der Waals surface area contributed by atoms with Crippen molar-refractivity contribution in [2.45, 2.75) is 45.7 Å². The van der Waals surface area contributed by atoms with E-state index in [1.165, 1.54) is 7.11 Å². The number of anilines is 1. The summed E-state index contributed by atoms with van der Waals surface area (Å²) in [6.07, 6.45) is 2.04. The molecule has 1 saturated heterocycles. The average Bonchev–Trinajstić information content (AvgIpc) is 3.25. The maximum absolute atomic E-state index is 14.5. The molecule has 8 nitrogen and oxygen atoms in total. The van der Waals surface area contributed by atoms with Crippen LogP contribution in [0.15, 0.2) is 34.7 Å². The number of ether oxygens (including phenoxy) is 3. The lowest BCUT2D eigenvalue weighted by molar-refractivity contribution is -0.139. The van der Waals surface area contributed by atoms with Crippen LogP contribution in [0.2, 0.25) is 0 Å². The zero-order valence-corrected chi connectivity index (χ0v) is 20.4.